The van der Waals surface area contributed by atoms with Gasteiger partial charge in [-0.3, -0.25) is 0 Å². The number of halogens is 1. The van der Waals surface area contributed by atoms with Crippen LogP contribution in [0.2, 0.25) is 5.02 Å². The molecular weight excluding hydrogens is 222 g/mol. The zero-order valence-corrected chi connectivity index (χ0v) is 11.0. The van der Waals surface area contributed by atoms with Gasteiger partial charge in [0, 0.05) is 11.1 Å². The van der Waals surface area contributed by atoms with E-state index in [1.165, 1.54) is 5.56 Å². The van der Waals surface area contributed by atoms with Crippen molar-refractivity contribution >= 4 is 11.6 Å². The first-order chi connectivity index (χ1) is 7.63. The van der Waals surface area contributed by atoms with Crippen molar-refractivity contribution in [2.75, 3.05) is 13.2 Å². The van der Waals surface area contributed by atoms with Crippen LogP contribution in [-0.4, -0.2) is 19.2 Å². The Morgan fingerprint density at radius 1 is 1.38 bits per heavy atom. The first-order valence-corrected chi connectivity index (χ1v) is 6.16. The van der Waals surface area contributed by atoms with Crippen molar-refractivity contribution in [3.63, 3.8) is 0 Å². The summed E-state index contributed by atoms with van der Waals surface area (Å²) >= 11 is 5.98. The summed E-state index contributed by atoms with van der Waals surface area (Å²) < 4.78 is 5.56. The van der Waals surface area contributed by atoms with E-state index < -0.39 is 0 Å². The van der Waals surface area contributed by atoms with Crippen LogP contribution in [0.1, 0.15) is 26.3 Å². The van der Waals surface area contributed by atoms with Crippen LogP contribution in [0.15, 0.2) is 18.2 Å². The van der Waals surface area contributed by atoms with Crippen LogP contribution in [0, 0.1) is 0 Å². The monoisotopic (exact) mass is 241 g/mol. The maximum Gasteiger partial charge on any atom is 0.122 e. The molecule has 0 heterocycles. The summed E-state index contributed by atoms with van der Waals surface area (Å²) in [4.78, 5) is 0. The van der Waals surface area contributed by atoms with Gasteiger partial charge in [0.15, 0.2) is 0 Å². The molecule has 1 N–H and O–H groups in total. The molecule has 0 spiro atoms. The fourth-order valence-electron chi connectivity index (χ4n) is 1.54. The molecule has 0 unspecified atom stereocenters. The molecule has 0 saturated carbocycles. The smallest absolute Gasteiger partial charge is 0.122 e. The highest BCUT2D eigenvalue weighted by Gasteiger charge is 2.04. The van der Waals surface area contributed by atoms with Crippen LogP contribution in [0.5, 0.6) is 5.75 Å². The maximum absolute atomic E-state index is 5.98. The fourth-order valence-corrected chi connectivity index (χ4v) is 1.73. The van der Waals surface area contributed by atoms with Crippen LogP contribution < -0.4 is 10.1 Å². The van der Waals surface area contributed by atoms with Crippen LogP contribution in [0.4, 0.5) is 0 Å². The third-order valence-corrected chi connectivity index (χ3v) is 2.50. The van der Waals surface area contributed by atoms with Crippen molar-refractivity contribution in [2.45, 2.75) is 33.2 Å². The lowest BCUT2D eigenvalue weighted by Crippen LogP contribution is -2.25. The van der Waals surface area contributed by atoms with E-state index in [4.69, 9.17) is 16.3 Å². The first kappa shape index (κ1) is 13.3. The van der Waals surface area contributed by atoms with Crippen molar-refractivity contribution < 1.29 is 4.74 Å². The van der Waals surface area contributed by atoms with Gasteiger partial charge < -0.3 is 10.1 Å². The molecule has 0 fully saturated rings. The fraction of sp³-hybridized carbons (Fsp3) is 0.538. The molecule has 1 aromatic carbocycles. The minimum Gasteiger partial charge on any atom is -0.494 e. The van der Waals surface area contributed by atoms with Gasteiger partial charge in [-0.1, -0.05) is 25.4 Å². The van der Waals surface area contributed by atoms with E-state index in [1.807, 2.05) is 25.1 Å². The minimum atomic E-state index is 0.509. The lowest BCUT2D eigenvalue weighted by molar-refractivity contribution is 0.336. The Kier molecular flexibility index (Phi) is 5.64. The standard InChI is InChI=1S/C13H20ClNO/c1-4-16-13-6-5-12(14)9-11(13)7-8-15-10(2)3/h5-6,9-10,15H,4,7-8H2,1-3H3. The van der Waals surface area contributed by atoms with Crippen molar-refractivity contribution in [3.05, 3.63) is 28.8 Å². The molecule has 0 atom stereocenters. The SMILES string of the molecule is CCOc1ccc(Cl)cc1CCNC(C)C. The molecule has 90 valence electrons. The van der Waals surface area contributed by atoms with E-state index in [0.717, 1.165) is 23.7 Å². The zero-order valence-electron chi connectivity index (χ0n) is 10.2. The summed E-state index contributed by atoms with van der Waals surface area (Å²) in [6, 6.07) is 6.30. The molecule has 0 aliphatic heterocycles. The number of hydrogen-bond acceptors (Lipinski definition) is 2. The van der Waals surface area contributed by atoms with E-state index >= 15 is 0 Å². The van der Waals surface area contributed by atoms with Crippen LogP contribution in [-0.2, 0) is 6.42 Å². The van der Waals surface area contributed by atoms with E-state index in [-0.39, 0.29) is 0 Å². The van der Waals surface area contributed by atoms with Gasteiger partial charge in [0.1, 0.15) is 5.75 Å². The van der Waals surface area contributed by atoms with Crippen LogP contribution >= 0.6 is 11.6 Å². The Balaban J connectivity index is 2.64. The van der Waals surface area contributed by atoms with Gasteiger partial charge in [0.05, 0.1) is 6.61 Å². The lowest BCUT2D eigenvalue weighted by Gasteiger charge is -2.12. The van der Waals surface area contributed by atoms with E-state index in [2.05, 4.69) is 19.2 Å². The molecule has 0 bridgehead atoms. The molecule has 0 aliphatic rings. The van der Waals surface area contributed by atoms with Crippen molar-refractivity contribution in [1.82, 2.24) is 5.32 Å². The van der Waals surface area contributed by atoms with Gasteiger partial charge in [-0.2, -0.15) is 0 Å². The summed E-state index contributed by atoms with van der Waals surface area (Å²) in [5.74, 6) is 0.942. The Morgan fingerprint density at radius 2 is 2.12 bits per heavy atom. The predicted octanol–water partition coefficient (Wildman–Crippen LogP) is 3.28. The van der Waals surface area contributed by atoms with Gasteiger partial charge in [-0.25, -0.2) is 0 Å². The van der Waals surface area contributed by atoms with E-state index in [9.17, 15) is 0 Å². The van der Waals surface area contributed by atoms with Gasteiger partial charge in [-0.05, 0) is 43.7 Å². The normalized spacial score (nSPS) is 10.8. The highest BCUT2D eigenvalue weighted by molar-refractivity contribution is 6.30. The van der Waals surface area contributed by atoms with E-state index in [0.29, 0.717) is 12.6 Å². The summed E-state index contributed by atoms with van der Waals surface area (Å²) in [5, 5.41) is 4.15. The number of hydrogen-bond donors (Lipinski definition) is 1. The van der Waals surface area contributed by atoms with Crippen LogP contribution in [0.25, 0.3) is 0 Å². The zero-order chi connectivity index (χ0) is 12.0. The molecule has 1 rings (SSSR count). The molecule has 0 amide bonds. The van der Waals surface area contributed by atoms with Crippen LogP contribution in [0.3, 0.4) is 0 Å². The van der Waals surface area contributed by atoms with Gasteiger partial charge in [-0.15, -0.1) is 0 Å². The second kappa shape index (κ2) is 6.77. The summed E-state index contributed by atoms with van der Waals surface area (Å²) in [5.41, 5.74) is 1.17. The topological polar surface area (TPSA) is 21.3 Å². The molecular formula is C13H20ClNO. The summed E-state index contributed by atoms with van der Waals surface area (Å²) in [6.07, 6.45) is 0.939. The number of benzene rings is 1. The quantitative estimate of drug-likeness (QED) is 0.825. The Morgan fingerprint density at radius 3 is 2.75 bits per heavy atom. The molecule has 0 aromatic heterocycles. The maximum atomic E-state index is 5.98. The second-order valence-electron chi connectivity index (χ2n) is 4.04. The van der Waals surface area contributed by atoms with Gasteiger partial charge >= 0.3 is 0 Å². The third kappa shape index (κ3) is 4.42. The Bertz CT molecular complexity index is 326. The van der Waals surface area contributed by atoms with Crippen molar-refractivity contribution in [1.29, 1.82) is 0 Å². The van der Waals surface area contributed by atoms with Crippen molar-refractivity contribution in [2.24, 2.45) is 0 Å². The molecule has 0 saturated heterocycles. The largest absolute Gasteiger partial charge is 0.494 e. The number of ether oxygens (including phenoxy) is 1. The highest BCUT2D eigenvalue weighted by Crippen LogP contribution is 2.23. The summed E-state index contributed by atoms with van der Waals surface area (Å²) in [7, 11) is 0. The van der Waals surface area contributed by atoms with Crippen molar-refractivity contribution in [3.8, 4) is 5.75 Å². The number of rotatable bonds is 6. The molecule has 0 aliphatic carbocycles. The predicted molar refractivity (Wildman–Crippen MR) is 69.5 cm³/mol. The molecule has 0 radical (unpaired) electrons. The average Bonchev–Trinajstić information content (AvgIpc) is 2.21. The Hall–Kier alpha value is -0.730. The minimum absolute atomic E-state index is 0.509. The molecule has 16 heavy (non-hydrogen) atoms. The first-order valence-electron chi connectivity index (χ1n) is 5.78. The number of nitrogens with one attached hydrogen (secondary N) is 1. The van der Waals surface area contributed by atoms with E-state index in [1.54, 1.807) is 0 Å². The summed E-state index contributed by atoms with van der Waals surface area (Å²) in [6.45, 7) is 7.90. The molecule has 2 nitrogen and oxygen atoms in total. The van der Waals surface area contributed by atoms with Gasteiger partial charge in [0.25, 0.3) is 0 Å². The highest BCUT2D eigenvalue weighted by atomic mass is 35.5. The lowest BCUT2D eigenvalue weighted by atomic mass is 10.1. The molecule has 3 heteroatoms. The van der Waals surface area contributed by atoms with Gasteiger partial charge in [0.2, 0.25) is 0 Å². The molecule has 1 aromatic rings. The Labute approximate surface area is 103 Å². The second-order valence-corrected chi connectivity index (χ2v) is 4.48. The average molecular weight is 242 g/mol. The third-order valence-electron chi connectivity index (χ3n) is 2.27.